The Morgan fingerprint density at radius 2 is 1.76 bits per heavy atom. The number of aromatic nitrogens is 2. The van der Waals surface area contributed by atoms with E-state index < -0.39 is 5.97 Å². The van der Waals surface area contributed by atoms with Gasteiger partial charge in [0, 0.05) is 12.5 Å². The molecule has 0 unspecified atom stereocenters. The van der Waals surface area contributed by atoms with E-state index in [0.29, 0.717) is 11.7 Å². The third-order valence-electron chi connectivity index (χ3n) is 3.11. The molecule has 0 saturated carbocycles. The minimum Gasteiger partial charge on any atom is -0.478 e. The topological polar surface area (TPSA) is 76.2 Å². The number of hydrogen-bond acceptors (Lipinski definition) is 4. The van der Waals surface area contributed by atoms with Crippen molar-refractivity contribution in [1.29, 1.82) is 0 Å². The third kappa shape index (κ3) is 2.67. The van der Waals surface area contributed by atoms with Gasteiger partial charge in [0.1, 0.15) is 0 Å². The second-order valence-corrected chi connectivity index (χ2v) is 4.60. The summed E-state index contributed by atoms with van der Waals surface area (Å²) in [4.78, 5) is 15.1. The minimum absolute atomic E-state index is 0.267. The molecular formula is C16H12N2O3. The summed E-state index contributed by atoms with van der Waals surface area (Å²) in [6.45, 7) is 1.74. The van der Waals surface area contributed by atoms with Crippen LogP contribution < -0.4 is 0 Å². The van der Waals surface area contributed by atoms with Gasteiger partial charge >= 0.3 is 5.97 Å². The predicted octanol–water partition coefficient (Wildman–Crippen LogP) is 3.41. The third-order valence-corrected chi connectivity index (χ3v) is 3.11. The van der Waals surface area contributed by atoms with Gasteiger partial charge < -0.3 is 9.63 Å². The van der Waals surface area contributed by atoms with Gasteiger partial charge in [0.25, 0.3) is 0 Å². The van der Waals surface area contributed by atoms with Gasteiger partial charge in [-0.15, -0.1) is 0 Å². The van der Waals surface area contributed by atoms with Crippen molar-refractivity contribution in [1.82, 2.24) is 10.1 Å². The van der Waals surface area contributed by atoms with Crippen LogP contribution in [0.4, 0.5) is 0 Å². The van der Waals surface area contributed by atoms with Crippen molar-refractivity contribution in [3.8, 4) is 22.5 Å². The summed E-state index contributed by atoms with van der Waals surface area (Å²) in [6.07, 6.45) is 0. The number of nitrogens with zero attached hydrogens (tertiary/aromatic N) is 2. The Labute approximate surface area is 120 Å². The molecule has 1 aromatic heterocycles. The van der Waals surface area contributed by atoms with Gasteiger partial charge in [0.05, 0.1) is 5.56 Å². The van der Waals surface area contributed by atoms with Crippen LogP contribution in [0.2, 0.25) is 0 Å². The number of carboxylic acid groups (broad SMARTS) is 1. The van der Waals surface area contributed by atoms with Gasteiger partial charge in [-0.3, -0.25) is 0 Å². The Morgan fingerprint density at radius 1 is 1.05 bits per heavy atom. The van der Waals surface area contributed by atoms with Crippen LogP contribution in [0.15, 0.2) is 53.1 Å². The maximum absolute atomic E-state index is 10.9. The first kappa shape index (κ1) is 13.1. The Bertz CT molecular complexity index is 791. The zero-order valence-electron chi connectivity index (χ0n) is 11.3. The van der Waals surface area contributed by atoms with Gasteiger partial charge in [-0.25, -0.2) is 4.79 Å². The quantitative estimate of drug-likeness (QED) is 0.795. The van der Waals surface area contributed by atoms with Crippen molar-refractivity contribution in [3.05, 3.63) is 60.0 Å². The molecule has 2 aromatic carbocycles. The lowest BCUT2D eigenvalue weighted by Gasteiger charge is -2.04. The summed E-state index contributed by atoms with van der Waals surface area (Å²) < 4.78 is 4.98. The number of benzene rings is 2. The average Bonchev–Trinajstić information content (AvgIpc) is 2.94. The molecule has 3 rings (SSSR count). The Balaban J connectivity index is 1.97. The van der Waals surface area contributed by atoms with Gasteiger partial charge in [-0.1, -0.05) is 35.5 Å². The van der Waals surface area contributed by atoms with Crippen molar-refractivity contribution in [2.45, 2.75) is 6.92 Å². The van der Waals surface area contributed by atoms with Crippen LogP contribution in [0.25, 0.3) is 22.5 Å². The van der Waals surface area contributed by atoms with E-state index in [1.807, 2.05) is 24.3 Å². The molecule has 104 valence electrons. The molecule has 5 nitrogen and oxygen atoms in total. The number of carboxylic acids is 1. The summed E-state index contributed by atoms with van der Waals surface area (Å²) in [5.74, 6) is 0.121. The summed E-state index contributed by atoms with van der Waals surface area (Å²) in [5.41, 5.74) is 3.02. The second-order valence-electron chi connectivity index (χ2n) is 4.60. The van der Waals surface area contributed by atoms with Crippen molar-refractivity contribution < 1.29 is 14.4 Å². The van der Waals surface area contributed by atoms with Crippen LogP contribution >= 0.6 is 0 Å². The first-order valence-electron chi connectivity index (χ1n) is 6.38. The predicted molar refractivity (Wildman–Crippen MR) is 76.9 cm³/mol. The Kier molecular flexibility index (Phi) is 3.23. The first-order valence-corrected chi connectivity index (χ1v) is 6.38. The largest absolute Gasteiger partial charge is 0.478 e. The van der Waals surface area contributed by atoms with E-state index in [-0.39, 0.29) is 5.56 Å². The molecule has 0 aliphatic carbocycles. The van der Waals surface area contributed by atoms with Crippen LogP contribution in [-0.2, 0) is 0 Å². The monoisotopic (exact) mass is 280 g/mol. The summed E-state index contributed by atoms with van der Waals surface area (Å²) >= 11 is 0. The summed E-state index contributed by atoms with van der Waals surface area (Å²) in [5, 5.41) is 12.8. The first-order chi connectivity index (χ1) is 10.1. The van der Waals surface area contributed by atoms with Crippen LogP contribution in [0.5, 0.6) is 0 Å². The normalized spacial score (nSPS) is 10.5. The van der Waals surface area contributed by atoms with E-state index in [2.05, 4.69) is 10.1 Å². The molecule has 0 radical (unpaired) electrons. The van der Waals surface area contributed by atoms with Crippen LogP contribution in [0, 0.1) is 6.92 Å². The van der Waals surface area contributed by atoms with Crippen molar-refractivity contribution in [2.75, 3.05) is 0 Å². The zero-order valence-corrected chi connectivity index (χ0v) is 11.3. The molecule has 5 heteroatoms. The standard InChI is InChI=1S/C16H12N2O3/c1-10-17-15(18-21-10)14-4-2-3-13(9-14)11-5-7-12(8-6-11)16(19)20/h2-9H,1H3,(H,19,20). The number of hydrogen-bond donors (Lipinski definition) is 1. The van der Waals surface area contributed by atoms with E-state index in [1.165, 1.54) is 0 Å². The average molecular weight is 280 g/mol. The fourth-order valence-electron chi connectivity index (χ4n) is 2.06. The van der Waals surface area contributed by atoms with E-state index in [0.717, 1.165) is 16.7 Å². The molecule has 0 bridgehead atoms. The molecule has 21 heavy (non-hydrogen) atoms. The minimum atomic E-state index is -0.933. The smallest absolute Gasteiger partial charge is 0.335 e. The zero-order chi connectivity index (χ0) is 14.8. The number of carbonyl (C=O) groups is 1. The van der Waals surface area contributed by atoms with Crippen LogP contribution in [-0.4, -0.2) is 21.2 Å². The highest BCUT2D eigenvalue weighted by Gasteiger charge is 2.08. The molecule has 0 saturated heterocycles. The SMILES string of the molecule is Cc1nc(-c2cccc(-c3ccc(C(=O)O)cc3)c2)no1. The van der Waals surface area contributed by atoms with E-state index in [4.69, 9.17) is 9.63 Å². The number of aromatic carboxylic acids is 1. The van der Waals surface area contributed by atoms with Crippen molar-refractivity contribution in [2.24, 2.45) is 0 Å². The molecule has 0 amide bonds. The highest BCUT2D eigenvalue weighted by Crippen LogP contribution is 2.25. The van der Waals surface area contributed by atoms with Gasteiger partial charge in [-0.2, -0.15) is 4.98 Å². The van der Waals surface area contributed by atoms with Crippen molar-refractivity contribution in [3.63, 3.8) is 0 Å². The lowest BCUT2D eigenvalue weighted by atomic mass is 10.0. The highest BCUT2D eigenvalue weighted by atomic mass is 16.5. The van der Waals surface area contributed by atoms with Crippen LogP contribution in [0.3, 0.4) is 0 Å². The molecule has 3 aromatic rings. The molecule has 0 aliphatic rings. The van der Waals surface area contributed by atoms with Crippen LogP contribution in [0.1, 0.15) is 16.2 Å². The summed E-state index contributed by atoms with van der Waals surface area (Å²) in [7, 11) is 0. The van der Waals surface area contributed by atoms with E-state index >= 15 is 0 Å². The number of aryl methyl sites for hydroxylation is 1. The molecule has 0 spiro atoms. The molecular weight excluding hydrogens is 268 g/mol. The maximum atomic E-state index is 10.9. The lowest BCUT2D eigenvalue weighted by Crippen LogP contribution is -1.94. The van der Waals surface area contributed by atoms with Gasteiger partial charge in [-0.05, 0) is 29.3 Å². The fourth-order valence-corrected chi connectivity index (χ4v) is 2.06. The molecule has 1 heterocycles. The second kappa shape index (κ2) is 5.20. The van der Waals surface area contributed by atoms with Gasteiger partial charge in [0.15, 0.2) is 0 Å². The van der Waals surface area contributed by atoms with Crippen molar-refractivity contribution >= 4 is 5.97 Å². The maximum Gasteiger partial charge on any atom is 0.335 e. The molecule has 1 N–H and O–H groups in total. The van der Waals surface area contributed by atoms with E-state index in [9.17, 15) is 4.79 Å². The van der Waals surface area contributed by atoms with Gasteiger partial charge in [0.2, 0.25) is 11.7 Å². The Morgan fingerprint density at radius 3 is 2.38 bits per heavy atom. The molecule has 0 atom stereocenters. The fraction of sp³-hybridized carbons (Fsp3) is 0.0625. The molecule has 0 fully saturated rings. The Hall–Kier alpha value is -2.95. The lowest BCUT2D eigenvalue weighted by molar-refractivity contribution is 0.0697. The highest BCUT2D eigenvalue weighted by molar-refractivity contribution is 5.88. The molecule has 0 aliphatic heterocycles. The summed E-state index contributed by atoms with van der Waals surface area (Å²) in [6, 6.07) is 14.4. The number of rotatable bonds is 3. The van der Waals surface area contributed by atoms with E-state index in [1.54, 1.807) is 31.2 Å².